The van der Waals surface area contributed by atoms with Crippen molar-refractivity contribution in [1.82, 2.24) is 14.9 Å². The van der Waals surface area contributed by atoms with Gasteiger partial charge in [0.2, 0.25) is 0 Å². The average molecular weight is 545 g/mol. The van der Waals surface area contributed by atoms with Gasteiger partial charge in [-0.1, -0.05) is 69.8 Å². The Morgan fingerprint density at radius 2 is 1.79 bits per heavy atom. The van der Waals surface area contributed by atoms with Crippen molar-refractivity contribution in [2.24, 2.45) is 0 Å². The monoisotopic (exact) mass is 543 g/mol. The van der Waals surface area contributed by atoms with Crippen molar-refractivity contribution < 1.29 is 4.79 Å². The van der Waals surface area contributed by atoms with Crippen LogP contribution >= 0.6 is 39.1 Å². The van der Waals surface area contributed by atoms with Crippen LogP contribution in [-0.4, -0.2) is 22.0 Å². The van der Waals surface area contributed by atoms with Crippen LogP contribution in [0.15, 0.2) is 71.2 Å². The molecular formula is C26H24BrCl2N3O. The van der Waals surface area contributed by atoms with E-state index in [4.69, 9.17) is 28.2 Å². The lowest BCUT2D eigenvalue weighted by atomic mass is 10.1. The van der Waals surface area contributed by atoms with E-state index < -0.39 is 0 Å². The summed E-state index contributed by atoms with van der Waals surface area (Å²) in [6, 6.07) is 21.4. The number of fused-ring (bicyclic) bond motifs is 1. The quantitative estimate of drug-likeness (QED) is 0.225. The molecule has 3 aromatic carbocycles. The van der Waals surface area contributed by atoms with Crippen molar-refractivity contribution in [3.63, 3.8) is 0 Å². The number of nitrogens with one attached hydrogen (secondary N) is 1. The third-order valence-corrected chi connectivity index (χ3v) is 6.74. The summed E-state index contributed by atoms with van der Waals surface area (Å²) in [5.74, 6) is 1.01. The predicted molar refractivity (Wildman–Crippen MR) is 139 cm³/mol. The number of unbranched alkanes of at least 4 members (excludes halogenated alkanes) is 2. The molecule has 4 nitrogen and oxygen atoms in total. The van der Waals surface area contributed by atoms with Crippen LogP contribution in [0, 0.1) is 0 Å². The van der Waals surface area contributed by atoms with Crippen LogP contribution in [0.3, 0.4) is 0 Å². The maximum atomic E-state index is 12.3. The van der Waals surface area contributed by atoms with Crippen LogP contribution in [0.5, 0.6) is 0 Å². The van der Waals surface area contributed by atoms with E-state index in [2.05, 4.69) is 31.9 Å². The molecular weight excluding hydrogens is 521 g/mol. The Labute approximate surface area is 212 Å². The fourth-order valence-electron chi connectivity index (χ4n) is 3.83. The predicted octanol–water partition coefficient (Wildman–Crippen LogP) is 7.30. The van der Waals surface area contributed by atoms with Crippen LogP contribution in [0.2, 0.25) is 10.0 Å². The Morgan fingerprint density at radius 3 is 2.61 bits per heavy atom. The molecule has 1 aromatic heterocycles. The van der Waals surface area contributed by atoms with Crippen molar-refractivity contribution >= 4 is 56.1 Å². The van der Waals surface area contributed by atoms with E-state index in [0.717, 1.165) is 52.6 Å². The zero-order chi connectivity index (χ0) is 23.2. The molecule has 0 spiro atoms. The summed E-state index contributed by atoms with van der Waals surface area (Å²) < 4.78 is 3.16. The average Bonchev–Trinajstić information content (AvgIpc) is 3.15. The van der Waals surface area contributed by atoms with Crippen LogP contribution in [0.1, 0.15) is 41.0 Å². The largest absolute Gasteiger partial charge is 0.352 e. The van der Waals surface area contributed by atoms with Gasteiger partial charge in [-0.15, -0.1) is 0 Å². The number of halogens is 3. The molecule has 4 aromatic rings. The topological polar surface area (TPSA) is 46.9 Å². The van der Waals surface area contributed by atoms with Crippen LogP contribution in [0.4, 0.5) is 0 Å². The van der Waals surface area contributed by atoms with E-state index in [9.17, 15) is 4.79 Å². The molecule has 170 valence electrons. The van der Waals surface area contributed by atoms with Gasteiger partial charge in [0.1, 0.15) is 5.82 Å². The number of benzene rings is 3. The maximum Gasteiger partial charge on any atom is 0.251 e. The third-order valence-electron chi connectivity index (χ3n) is 5.51. The van der Waals surface area contributed by atoms with E-state index >= 15 is 0 Å². The second-order valence-corrected chi connectivity index (χ2v) is 9.66. The molecule has 7 heteroatoms. The fourth-order valence-corrected chi connectivity index (χ4v) is 4.55. The summed E-state index contributed by atoms with van der Waals surface area (Å²) in [6.45, 7) is 1.35. The standard InChI is InChI=1S/C26H24BrCl2N3O/c27-20-8-6-7-19(16-20)26(33)30-14-5-1-2-11-25-31-23-9-3-4-10-24(23)32(25)17-18-12-13-21(28)22(29)15-18/h3-4,6-10,12-13,15-16H,1-2,5,11,14,17H2,(H,30,33). The number of para-hydroxylation sites is 2. The van der Waals surface area contributed by atoms with Crippen LogP contribution < -0.4 is 5.32 Å². The molecule has 0 saturated heterocycles. The molecule has 0 bridgehead atoms. The molecule has 4 rings (SSSR count). The van der Waals surface area contributed by atoms with Gasteiger partial charge >= 0.3 is 0 Å². The Bertz CT molecular complexity index is 1270. The number of carbonyl (C=O) groups excluding carboxylic acids is 1. The number of carbonyl (C=O) groups is 1. The Hall–Kier alpha value is -2.34. The maximum absolute atomic E-state index is 12.3. The van der Waals surface area contributed by atoms with E-state index in [0.29, 0.717) is 28.7 Å². The number of aryl methyl sites for hydroxylation is 1. The number of hydrogen-bond donors (Lipinski definition) is 1. The normalized spacial score (nSPS) is 11.1. The minimum Gasteiger partial charge on any atom is -0.352 e. The first-order valence-corrected chi connectivity index (χ1v) is 12.5. The van der Waals surface area contributed by atoms with Gasteiger partial charge in [-0.2, -0.15) is 0 Å². The fraction of sp³-hybridized carbons (Fsp3) is 0.231. The van der Waals surface area contributed by atoms with Crippen molar-refractivity contribution in [1.29, 1.82) is 0 Å². The third kappa shape index (κ3) is 6.17. The number of rotatable bonds is 9. The smallest absolute Gasteiger partial charge is 0.251 e. The summed E-state index contributed by atoms with van der Waals surface area (Å²) >= 11 is 15.7. The van der Waals surface area contributed by atoms with E-state index in [1.807, 2.05) is 60.7 Å². The second-order valence-electron chi connectivity index (χ2n) is 7.93. The highest BCUT2D eigenvalue weighted by Gasteiger charge is 2.12. The number of hydrogen-bond acceptors (Lipinski definition) is 2. The molecule has 0 radical (unpaired) electrons. The molecule has 1 amide bonds. The highest BCUT2D eigenvalue weighted by atomic mass is 79.9. The molecule has 1 N–H and O–H groups in total. The van der Waals surface area contributed by atoms with Crippen molar-refractivity contribution in [2.75, 3.05) is 6.54 Å². The molecule has 0 aliphatic heterocycles. The summed E-state index contributed by atoms with van der Waals surface area (Å²) in [7, 11) is 0. The molecule has 0 aliphatic rings. The summed E-state index contributed by atoms with van der Waals surface area (Å²) in [5, 5.41) is 4.11. The number of imidazole rings is 1. The van der Waals surface area contributed by atoms with Gasteiger partial charge in [-0.3, -0.25) is 4.79 Å². The van der Waals surface area contributed by atoms with E-state index in [-0.39, 0.29) is 5.91 Å². The highest BCUT2D eigenvalue weighted by molar-refractivity contribution is 9.10. The van der Waals surface area contributed by atoms with E-state index in [1.54, 1.807) is 0 Å². The zero-order valence-electron chi connectivity index (χ0n) is 18.0. The SMILES string of the molecule is O=C(NCCCCCc1nc2ccccc2n1Cc1ccc(Cl)c(Cl)c1)c1cccc(Br)c1. The molecule has 0 aliphatic carbocycles. The van der Waals surface area contributed by atoms with Crippen LogP contribution in [0.25, 0.3) is 11.0 Å². The van der Waals surface area contributed by atoms with Crippen LogP contribution in [-0.2, 0) is 13.0 Å². The van der Waals surface area contributed by atoms with Gasteiger partial charge in [0.15, 0.2) is 0 Å². The molecule has 33 heavy (non-hydrogen) atoms. The summed E-state index contributed by atoms with van der Waals surface area (Å²) in [6.07, 6.45) is 3.80. The number of amides is 1. The first-order valence-electron chi connectivity index (χ1n) is 10.9. The minimum absolute atomic E-state index is 0.0419. The first-order chi connectivity index (χ1) is 16.0. The van der Waals surface area contributed by atoms with Gasteiger partial charge in [-0.05, 0) is 60.9 Å². The molecule has 1 heterocycles. The number of nitrogens with zero attached hydrogens (tertiary/aromatic N) is 2. The molecule has 0 atom stereocenters. The lowest BCUT2D eigenvalue weighted by molar-refractivity contribution is 0.0953. The molecule has 0 unspecified atom stereocenters. The Kier molecular flexibility index (Phi) is 8.07. The van der Waals surface area contributed by atoms with Gasteiger partial charge in [-0.25, -0.2) is 4.98 Å². The molecule has 0 fully saturated rings. The highest BCUT2D eigenvalue weighted by Crippen LogP contribution is 2.25. The summed E-state index contributed by atoms with van der Waals surface area (Å²) in [4.78, 5) is 17.1. The van der Waals surface area contributed by atoms with Gasteiger partial charge < -0.3 is 9.88 Å². The van der Waals surface area contributed by atoms with Gasteiger partial charge in [0.25, 0.3) is 5.91 Å². The minimum atomic E-state index is -0.0419. The lowest BCUT2D eigenvalue weighted by Gasteiger charge is -2.11. The van der Waals surface area contributed by atoms with Gasteiger partial charge in [0.05, 0.1) is 21.1 Å². The Morgan fingerprint density at radius 1 is 0.939 bits per heavy atom. The zero-order valence-corrected chi connectivity index (χ0v) is 21.1. The summed E-state index contributed by atoms with van der Waals surface area (Å²) in [5.41, 5.74) is 3.86. The van der Waals surface area contributed by atoms with Crippen molar-refractivity contribution in [3.05, 3.63) is 98.2 Å². The number of aromatic nitrogens is 2. The van der Waals surface area contributed by atoms with Crippen molar-refractivity contribution in [3.8, 4) is 0 Å². The van der Waals surface area contributed by atoms with E-state index in [1.165, 1.54) is 0 Å². The lowest BCUT2D eigenvalue weighted by Crippen LogP contribution is -2.24. The first kappa shape index (κ1) is 23.8. The second kappa shape index (κ2) is 11.2. The van der Waals surface area contributed by atoms with Gasteiger partial charge in [0, 0.05) is 29.5 Å². The molecule has 0 saturated carbocycles. The Balaban J connectivity index is 1.34. The van der Waals surface area contributed by atoms with Crippen molar-refractivity contribution in [2.45, 2.75) is 32.2 Å².